The van der Waals surface area contributed by atoms with Crippen LogP contribution in [0.2, 0.25) is 5.02 Å². The maximum atomic E-state index is 13.5. The number of hydrogen-bond donors (Lipinski definition) is 1. The molecule has 0 aliphatic rings. The van der Waals surface area contributed by atoms with Crippen molar-refractivity contribution in [2.24, 2.45) is 0 Å². The third-order valence-electron chi connectivity index (χ3n) is 3.01. The van der Waals surface area contributed by atoms with E-state index < -0.39 is 36.2 Å². The maximum absolute atomic E-state index is 13.5. The summed E-state index contributed by atoms with van der Waals surface area (Å²) in [5.41, 5.74) is -0.121. The van der Waals surface area contributed by atoms with E-state index in [1.54, 1.807) is 0 Å². The monoisotopic (exact) mass is 369 g/mol. The number of ether oxygens (including phenoxy) is 2. The number of carbonyl (C=O) groups excluding carboxylic acids is 2. The number of hydrogen-bond acceptors (Lipinski definition) is 4. The topological polar surface area (TPSA) is 64.6 Å². The molecule has 1 amide bonds. The van der Waals surface area contributed by atoms with Crippen molar-refractivity contribution in [3.63, 3.8) is 0 Å². The fourth-order valence-corrected chi connectivity index (χ4v) is 1.97. The van der Waals surface area contributed by atoms with Gasteiger partial charge >= 0.3 is 5.97 Å². The molecule has 0 spiro atoms. The number of anilines is 1. The highest BCUT2D eigenvalue weighted by molar-refractivity contribution is 6.30. The van der Waals surface area contributed by atoms with Gasteiger partial charge in [0.25, 0.3) is 5.91 Å². The van der Waals surface area contributed by atoms with E-state index in [1.807, 2.05) is 0 Å². The Morgan fingerprint density at radius 2 is 1.84 bits per heavy atom. The van der Waals surface area contributed by atoms with Gasteiger partial charge in [-0.3, -0.25) is 4.79 Å². The van der Waals surface area contributed by atoms with Crippen molar-refractivity contribution in [1.29, 1.82) is 0 Å². The first-order valence-corrected chi connectivity index (χ1v) is 7.56. The van der Waals surface area contributed by atoms with Crippen molar-refractivity contribution in [3.05, 3.63) is 59.1 Å². The molecule has 0 aromatic heterocycles. The van der Waals surface area contributed by atoms with Crippen LogP contribution in [0.1, 0.15) is 6.92 Å². The first kappa shape index (κ1) is 18.7. The molecule has 1 N–H and O–H groups in total. The minimum atomic E-state index is -1.01. The normalized spacial score (nSPS) is 11.5. The Morgan fingerprint density at radius 3 is 2.52 bits per heavy atom. The summed E-state index contributed by atoms with van der Waals surface area (Å²) in [4.78, 5) is 23.5. The molecule has 0 radical (unpaired) electrons. The lowest BCUT2D eigenvalue weighted by Gasteiger charge is -2.14. The second-order valence-electron chi connectivity index (χ2n) is 4.99. The Bertz CT molecular complexity index is 768. The molecule has 2 aromatic rings. The third kappa shape index (κ3) is 5.72. The van der Waals surface area contributed by atoms with Gasteiger partial charge in [-0.1, -0.05) is 11.6 Å². The molecule has 0 aliphatic carbocycles. The molecule has 0 bridgehead atoms. The molecule has 0 saturated carbocycles. The van der Waals surface area contributed by atoms with Gasteiger partial charge in [-0.25, -0.2) is 13.6 Å². The zero-order valence-electron chi connectivity index (χ0n) is 13.1. The van der Waals surface area contributed by atoms with E-state index in [-0.39, 0.29) is 16.5 Å². The highest BCUT2D eigenvalue weighted by Gasteiger charge is 2.18. The summed E-state index contributed by atoms with van der Waals surface area (Å²) in [6.07, 6.45) is -1.01. The number of halogens is 3. The van der Waals surface area contributed by atoms with Crippen LogP contribution in [0.5, 0.6) is 5.75 Å². The second kappa shape index (κ2) is 8.43. The van der Waals surface area contributed by atoms with Gasteiger partial charge in [0, 0.05) is 5.02 Å². The number of nitrogens with one attached hydrogen (secondary N) is 1. The Labute approximate surface area is 147 Å². The van der Waals surface area contributed by atoms with Crippen LogP contribution in [0.4, 0.5) is 14.5 Å². The Hall–Kier alpha value is -2.67. The van der Waals surface area contributed by atoms with Crippen molar-refractivity contribution >= 4 is 29.2 Å². The smallest absolute Gasteiger partial charge is 0.347 e. The number of esters is 1. The van der Waals surface area contributed by atoms with Crippen LogP contribution in [0, 0.1) is 11.6 Å². The van der Waals surface area contributed by atoms with E-state index in [1.165, 1.54) is 43.3 Å². The second-order valence-corrected chi connectivity index (χ2v) is 5.43. The molecule has 0 saturated heterocycles. The molecule has 25 heavy (non-hydrogen) atoms. The molecule has 5 nitrogen and oxygen atoms in total. The molecule has 0 fully saturated rings. The fraction of sp³-hybridized carbons (Fsp3) is 0.176. The van der Waals surface area contributed by atoms with E-state index in [9.17, 15) is 18.4 Å². The molecule has 2 aromatic carbocycles. The molecule has 0 heterocycles. The quantitative estimate of drug-likeness (QED) is 0.791. The van der Waals surface area contributed by atoms with Crippen LogP contribution in [0.25, 0.3) is 0 Å². The summed E-state index contributed by atoms with van der Waals surface area (Å²) in [6, 6.07) is 8.74. The van der Waals surface area contributed by atoms with E-state index >= 15 is 0 Å². The van der Waals surface area contributed by atoms with Gasteiger partial charge in [-0.15, -0.1) is 0 Å². The summed E-state index contributed by atoms with van der Waals surface area (Å²) >= 11 is 5.71. The van der Waals surface area contributed by atoms with Gasteiger partial charge in [-0.2, -0.15) is 0 Å². The average Bonchev–Trinajstić information content (AvgIpc) is 2.58. The number of rotatable bonds is 6. The minimum absolute atomic E-state index is 0.121. The molecule has 2 rings (SSSR count). The van der Waals surface area contributed by atoms with Gasteiger partial charge in [0.2, 0.25) is 0 Å². The van der Waals surface area contributed by atoms with Gasteiger partial charge < -0.3 is 14.8 Å². The van der Waals surface area contributed by atoms with Crippen LogP contribution < -0.4 is 10.1 Å². The molecule has 0 unspecified atom stereocenters. The number of amides is 1. The predicted molar refractivity (Wildman–Crippen MR) is 87.5 cm³/mol. The van der Waals surface area contributed by atoms with Gasteiger partial charge in [-0.05, 0) is 49.4 Å². The summed E-state index contributed by atoms with van der Waals surface area (Å²) in [5.74, 6) is -2.37. The van der Waals surface area contributed by atoms with Crippen LogP contribution in [-0.2, 0) is 14.3 Å². The van der Waals surface area contributed by atoms with Crippen molar-refractivity contribution in [1.82, 2.24) is 0 Å². The van der Waals surface area contributed by atoms with Gasteiger partial charge in [0.1, 0.15) is 17.4 Å². The van der Waals surface area contributed by atoms with Crippen molar-refractivity contribution in [3.8, 4) is 5.75 Å². The first-order chi connectivity index (χ1) is 11.8. The maximum Gasteiger partial charge on any atom is 0.347 e. The van der Waals surface area contributed by atoms with Crippen LogP contribution in [-0.4, -0.2) is 24.6 Å². The lowest BCUT2D eigenvalue weighted by molar-refractivity contribution is -0.153. The van der Waals surface area contributed by atoms with Crippen molar-refractivity contribution in [2.45, 2.75) is 13.0 Å². The largest absolute Gasteiger partial charge is 0.479 e. The zero-order chi connectivity index (χ0) is 18.4. The van der Waals surface area contributed by atoms with E-state index in [2.05, 4.69) is 5.32 Å². The molecule has 132 valence electrons. The number of benzene rings is 2. The van der Waals surface area contributed by atoms with Crippen molar-refractivity contribution in [2.75, 3.05) is 11.9 Å². The molecule has 0 aliphatic heterocycles. The van der Waals surface area contributed by atoms with Gasteiger partial charge in [0.05, 0.1) is 5.69 Å². The Morgan fingerprint density at radius 1 is 1.16 bits per heavy atom. The standard InChI is InChI=1S/C17H14ClF2NO4/c1-10(25-13-5-3-12(19)4-6-13)17(23)24-9-16(22)21-15-8-11(18)2-7-14(15)20/h2-8,10H,9H2,1H3,(H,21,22)/t10-/m0/s1. The lowest BCUT2D eigenvalue weighted by atomic mass is 10.3. The summed E-state index contributed by atoms with van der Waals surface area (Å²) in [7, 11) is 0. The zero-order valence-corrected chi connectivity index (χ0v) is 13.8. The predicted octanol–water partition coefficient (Wildman–Crippen LogP) is 3.57. The first-order valence-electron chi connectivity index (χ1n) is 7.19. The van der Waals surface area contributed by atoms with Crippen molar-refractivity contribution < 1.29 is 27.8 Å². The SMILES string of the molecule is C[C@H](Oc1ccc(F)cc1)C(=O)OCC(=O)Nc1cc(Cl)ccc1F. The molecule has 8 heteroatoms. The highest BCUT2D eigenvalue weighted by Crippen LogP contribution is 2.19. The number of carbonyl (C=O) groups is 2. The fourth-order valence-electron chi connectivity index (χ4n) is 1.80. The van der Waals surface area contributed by atoms with E-state index in [0.29, 0.717) is 0 Å². The minimum Gasteiger partial charge on any atom is -0.479 e. The molecular formula is C17H14ClF2NO4. The summed E-state index contributed by atoms with van der Waals surface area (Å²) in [6.45, 7) is 0.794. The molecular weight excluding hydrogens is 356 g/mol. The molecule has 1 atom stereocenters. The summed E-state index contributed by atoms with van der Waals surface area (Å²) < 4.78 is 36.4. The Kier molecular flexibility index (Phi) is 6.30. The Balaban J connectivity index is 1.83. The third-order valence-corrected chi connectivity index (χ3v) is 3.24. The van der Waals surface area contributed by atoms with Crippen LogP contribution in [0.3, 0.4) is 0 Å². The van der Waals surface area contributed by atoms with E-state index in [4.69, 9.17) is 21.1 Å². The highest BCUT2D eigenvalue weighted by atomic mass is 35.5. The van der Waals surface area contributed by atoms with Crippen LogP contribution >= 0.6 is 11.6 Å². The van der Waals surface area contributed by atoms with Gasteiger partial charge in [0.15, 0.2) is 12.7 Å². The average molecular weight is 370 g/mol. The lowest BCUT2D eigenvalue weighted by Crippen LogP contribution is -2.29. The summed E-state index contributed by atoms with van der Waals surface area (Å²) in [5, 5.41) is 2.49. The van der Waals surface area contributed by atoms with Crippen LogP contribution in [0.15, 0.2) is 42.5 Å². The van der Waals surface area contributed by atoms with E-state index in [0.717, 1.165) is 6.07 Å².